The Hall–Kier alpha value is -2.53. The van der Waals surface area contributed by atoms with Crippen LogP contribution in [0.5, 0.6) is 0 Å². The summed E-state index contributed by atoms with van der Waals surface area (Å²) in [5.41, 5.74) is 0. The van der Waals surface area contributed by atoms with Gasteiger partial charge in [-0.2, -0.15) is 0 Å². The molecule has 606 valence electrons. The normalized spacial score (nSPS) is 26.5. The van der Waals surface area contributed by atoms with Crippen molar-refractivity contribution in [1.82, 2.24) is 10.6 Å². The summed E-state index contributed by atoms with van der Waals surface area (Å²) in [6.45, 7) is 2.23. The molecule has 3 fully saturated rings. The van der Waals surface area contributed by atoms with E-state index in [1.54, 1.807) is 0 Å². The number of unbranched alkanes of at least 4 members (excludes halogenated alkanes) is 44. The maximum atomic E-state index is 13.5. The van der Waals surface area contributed by atoms with E-state index in [2.05, 4.69) is 36.6 Å². The highest BCUT2D eigenvalue weighted by atomic mass is 16.8. The molecule has 0 radical (unpaired) electrons. The first-order valence-electron chi connectivity index (χ1n) is 41.5. The van der Waals surface area contributed by atoms with E-state index in [1.165, 1.54) is 238 Å². The summed E-state index contributed by atoms with van der Waals surface area (Å²) in [5, 5.41) is 136. The number of hydrogen-bond acceptors (Lipinski definition) is 20. The lowest BCUT2D eigenvalue weighted by atomic mass is 9.88. The van der Waals surface area contributed by atoms with Crippen LogP contribution in [0.15, 0.2) is 12.2 Å². The summed E-state index contributed by atoms with van der Waals surface area (Å²) in [6, 6.07) is -2.53. The zero-order chi connectivity index (χ0) is 75.3. The van der Waals surface area contributed by atoms with Gasteiger partial charge < -0.3 is 100 Å². The number of aliphatic hydroxyl groups is 11. The fourth-order valence-electron chi connectivity index (χ4n) is 14.7. The number of nitrogens with one attached hydrogen (secondary N) is 2. The third-order valence-corrected chi connectivity index (χ3v) is 21.2. The van der Waals surface area contributed by atoms with Crippen molar-refractivity contribution in [2.24, 2.45) is 0 Å². The summed E-state index contributed by atoms with van der Waals surface area (Å²) in [7, 11) is 0. The van der Waals surface area contributed by atoms with Crippen LogP contribution in [-0.2, 0) is 42.8 Å². The lowest BCUT2D eigenvalue weighted by Crippen LogP contribution is -2.70. The maximum absolute atomic E-state index is 13.5. The molecule has 18 atom stereocenters. The van der Waals surface area contributed by atoms with Gasteiger partial charge in [0.25, 0.3) is 5.79 Å². The van der Waals surface area contributed by atoms with Crippen LogP contribution in [0.2, 0.25) is 0 Å². The van der Waals surface area contributed by atoms with Crippen LogP contribution in [0, 0.1) is 0 Å². The fraction of sp³-hybridized carbons (Fsp3) is 0.938. The highest BCUT2D eigenvalue weighted by Crippen LogP contribution is 2.39. The minimum absolute atomic E-state index is 0.227. The summed E-state index contributed by atoms with van der Waals surface area (Å²) in [4.78, 5) is 38.6. The molecule has 3 aliphatic rings. The van der Waals surface area contributed by atoms with Gasteiger partial charge in [-0.25, -0.2) is 4.79 Å². The monoisotopic (exact) mass is 1480 g/mol. The van der Waals surface area contributed by atoms with E-state index in [0.29, 0.717) is 19.3 Å². The molecule has 0 aromatic heterocycles. The second-order valence-electron chi connectivity index (χ2n) is 30.3. The average Bonchev–Trinajstić information content (AvgIpc) is 0.757. The van der Waals surface area contributed by atoms with Gasteiger partial charge in [0.1, 0.15) is 67.1 Å². The fourth-order valence-corrected chi connectivity index (χ4v) is 14.7. The summed E-state index contributed by atoms with van der Waals surface area (Å²) < 4.78 is 34.9. The van der Waals surface area contributed by atoms with Gasteiger partial charge >= 0.3 is 5.97 Å². The SMILES string of the molecule is CCCCCCCCCCCCCCCCCC/C=C\CCCCCCCCCCCCCCCCCCCC(=O)NC(COC1OC(CO)C(OC2OC(CO)C(O)C(OC3(C(=O)O)CC(O)C(NC(C)=O)C(C(O)C(O)CO)O3)C2O)C(O)C1O)C(O)CCCCCCCCCCCCCC. The number of aliphatic carboxylic acids is 1. The van der Waals surface area contributed by atoms with Gasteiger partial charge in [0.05, 0.1) is 50.7 Å². The Labute approximate surface area is 620 Å². The van der Waals surface area contributed by atoms with Crippen LogP contribution in [0.3, 0.4) is 0 Å². The number of ether oxygens (including phenoxy) is 6. The summed E-state index contributed by atoms with van der Waals surface area (Å²) in [5.74, 6) is -6.09. The standard InChI is InChI=1S/C80H150N2O21/c1-4-6-8-10-12-14-16-18-19-20-21-22-23-24-25-26-27-28-29-30-31-32-33-34-35-36-37-38-39-40-41-42-44-46-48-50-52-54-67(90)82-61(62(87)53-51-49-47-45-43-17-15-13-11-9-7-5-2)59-98-77-72(94)71(93)74(66(58-85)100-77)101-78-73(95)76(70(92)65(57-84)99-78)103-80(79(96)97)55-63(88)68(81-60(3)86)75(102-80)69(91)64(89)56-83/h28-29,61-66,68-78,83-85,87-89,91-95H,4-27,30-59H2,1-3H3,(H,81,86)(H,82,90)(H,96,97)/b29-28-. The van der Waals surface area contributed by atoms with Gasteiger partial charge in [-0.3, -0.25) is 9.59 Å². The molecule has 0 saturated carbocycles. The largest absolute Gasteiger partial charge is 0.477 e. The number of carbonyl (C=O) groups excluding carboxylic acids is 2. The molecule has 3 heterocycles. The van der Waals surface area contributed by atoms with Crippen LogP contribution in [0.1, 0.15) is 342 Å². The molecular weight excluding hydrogens is 1320 g/mol. The van der Waals surface area contributed by atoms with E-state index in [-0.39, 0.29) is 18.9 Å². The van der Waals surface area contributed by atoms with Crippen molar-refractivity contribution in [1.29, 1.82) is 0 Å². The predicted molar refractivity (Wildman–Crippen MR) is 398 cm³/mol. The van der Waals surface area contributed by atoms with Crippen molar-refractivity contribution in [3.05, 3.63) is 12.2 Å². The van der Waals surface area contributed by atoms with E-state index >= 15 is 0 Å². The Balaban J connectivity index is 1.39. The number of carboxylic acid groups (broad SMARTS) is 1. The van der Waals surface area contributed by atoms with Crippen LogP contribution in [0.25, 0.3) is 0 Å². The van der Waals surface area contributed by atoms with E-state index in [0.717, 1.165) is 58.3 Å². The second kappa shape index (κ2) is 59.4. The number of rotatable bonds is 66. The topological polar surface area (TPSA) is 373 Å². The highest BCUT2D eigenvalue weighted by molar-refractivity contribution is 5.77. The van der Waals surface area contributed by atoms with Gasteiger partial charge in [0, 0.05) is 19.8 Å². The van der Waals surface area contributed by atoms with Gasteiger partial charge in [-0.15, -0.1) is 0 Å². The number of carbonyl (C=O) groups is 3. The predicted octanol–water partition coefficient (Wildman–Crippen LogP) is 11.4. The number of carboxylic acids is 1. The Morgan fingerprint density at radius 1 is 0.495 bits per heavy atom. The quantitative estimate of drug-likeness (QED) is 0.0199. The van der Waals surface area contributed by atoms with E-state index < -0.39 is 148 Å². The molecule has 3 aliphatic heterocycles. The molecule has 23 nitrogen and oxygen atoms in total. The van der Waals surface area contributed by atoms with Crippen molar-refractivity contribution in [2.75, 3.05) is 26.4 Å². The molecule has 3 rings (SSSR count). The maximum Gasteiger partial charge on any atom is 0.364 e. The van der Waals surface area contributed by atoms with Crippen LogP contribution < -0.4 is 10.6 Å². The van der Waals surface area contributed by atoms with Gasteiger partial charge in [-0.1, -0.05) is 296 Å². The Kier molecular flexibility index (Phi) is 54.6. The highest BCUT2D eigenvalue weighted by Gasteiger charge is 2.60. The first-order valence-corrected chi connectivity index (χ1v) is 41.5. The molecule has 14 N–H and O–H groups in total. The number of amides is 2. The van der Waals surface area contributed by atoms with E-state index in [4.69, 9.17) is 28.4 Å². The van der Waals surface area contributed by atoms with Crippen molar-refractivity contribution in [3.8, 4) is 0 Å². The summed E-state index contributed by atoms with van der Waals surface area (Å²) >= 11 is 0. The first kappa shape index (κ1) is 94.7. The third-order valence-electron chi connectivity index (χ3n) is 21.2. The first-order chi connectivity index (χ1) is 49.9. The van der Waals surface area contributed by atoms with Crippen molar-refractivity contribution >= 4 is 17.8 Å². The van der Waals surface area contributed by atoms with Crippen LogP contribution in [-0.4, -0.2) is 215 Å². The van der Waals surface area contributed by atoms with Crippen molar-refractivity contribution in [2.45, 2.75) is 452 Å². The lowest BCUT2D eigenvalue weighted by molar-refractivity contribution is -0.386. The second-order valence-corrected chi connectivity index (χ2v) is 30.3. The molecule has 0 aliphatic carbocycles. The van der Waals surface area contributed by atoms with Crippen LogP contribution >= 0.6 is 0 Å². The zero-order valence-electron chi connectivity index (χ0n) is 64.2. The summed E-state index contributed by atoms with van der Waals surface area (Å²) in [6.07, 6.45) is 35.5. The van der Waals surface area contributed by atoms with Crippen molar-refractivity contribution < 1.29 is 104 Å². The Bertz CT molecular complexity index is 2100. The zero-order valence-corrected chi connectivity index (χ0v) is 64.2. The number of allylic oxidation sites excluding steroid dienone is 2. The smallest absolute Gasteiger partial charge is 0.364 e. The number of hydrogen-bond donors (Lipinski definition) is 14. The van der Waals surface area contributed by atoms with E-state index in [1.807, 2.05) is 0 Å². The molecule has 3 saturated heterocycles. The molecule has 2 amide bonds. The minimum atomic E-state index is -3.08. The molecular formula is C80H150N2O21. The molecule has 0 aromatic rings. The van der Waals surface area contributed by atoms with E-state index in [9.17, 15) is 75.7 Å². The molecule has 0 bridgehead atoms. The van der Waals surface area contributed by atoms with Gasteiger partial charge in [0.2, 0.25) is 11.8 Å². The van der Waals surface area contributed by atoms with Gasteiger partial charge in [-0.05, 0) is 38.5 Å². The van der Waals surface area contributed by atoms with Gasteiger partial charge in [0.15, 0.2) is 12.6 Å². The number of aliphatic hydroxyl groups excluding tert-OH is 11. The molecule has 18 unspecified atom stereocenters. The third kappa shape index (κ3) is 39.6. The Morgan fingerprint density at radius 3 is 1.31 bits per heavy atom. The lowest BCUT2D eigenvalue weighted by Gasteiger charge is -2.50. The molecule has 0 spiro atoms. The van der Waals surface area contributed by atoms with Crippen LogP contribution in [0.4, 0.5) is 0 Å². The average molecular weight is 1480 g/mol. The van der Waals surface area contributed by atoms with Crippen molar-refractivity contribution in [3.63, 3.8) is 0 Å². The molecule has 23 heteroatoms. The minimum Gasteiger partial charge on any atom is -0.477 e. The molecule has 103 heavy (non-hydrogen) atoms. The Morgan fingerprint density at radius 2 is 0.903 bits per heavy atom. The molecule has 0 aromatic carbocycles.